The molecule has 2 N–H and O–H groups in total. The van der Waals surface area contributed by atoms with Crippen LogP contribution in [0.1, 0.15) is 25.0 Å². The molecule has 2 heterocycles. The largest absolute Gasteiger partial charge is 0.491 e. The van der Waals surface area contributed by atoms with Crippen molar-refractivity contribution in [1.82, 2.24) is 5.32 Å². The number of ether oxygens (including phenoxy) is 2. The van der Waals surface area contributed by atoms with Crippen LogP contribution in [0.4, 0.5) is 5.69 Å². The molecule has 2 aliphatic heterocycles. The van der Waals surface area contributed by atoms with Crippen molar-refractivity contribution in [2.75, 3.05) is 18.5 Å². The molecule has 0 radical (unpaired) electrons. The summed E-state index contributed by atoms with van der Waals surface area (Å²) < 4.78 is 11.2. The van der Waals surface area contributed by atoms with Crippen LogP contribution in [-0.2, 0) is 9.53 Å². The molecule has 96 valence electrons. The van der Waals surface area contributed by atoms with E-state index in [1.54, 1.807) is 0 Å². The molecule has 3 rings (SSSR count). The van der Waals surface area contributed by atoms with Crippen molar-refractivity contribution >= 4 is 11.6 Å². The Morgan fingerprint density at radius 2 is 2.28 bits per heavy atom. The Balaban J connectivity index is 1.87. The maximum atomic E-state index is 11.5. The van der Waals surface area contributed by atoms with E-state index in [0.29, 0.717) is 13.0 Å². The molecule has 1 saturated heterocycles. The molecule has 1 aromatic carbocycles. The zero-order chi connectivity index (χ0) is 12.5. The van der Waals surface area contributed by atoms with E-state index in [2.05, 4.69) is 10.6 Å². The topological polar surface area (TPSA) is 59.6 Å². The molecular formula is C13H16N2O3. The molecule has 5 heteroatoms. The molecule has 1 amide bonds. The lowest BCUT2D eigenvalue weighted by Crippen LogP contribution is -2.17. The Kier molecular flexibility index (Phi) is 2.93. The molecule has 0 bridgehead atoms. The van der Waals surface area contributed by atoms with E-state index in [1.807, 2.05) is 25.1 Å². The van der Waals surface area contributed by atoms with Crippen molar-refractivity contribution in [2.24, 2.45) is 0 Å². The first kappa shape index (κ1) is 11.5. The Morgan fingerprint density at radius 3 is 3.06 bits per heavy atom. The maximum Gasteiger partial charge on any atom is 0.227 e. The molecule has 0 saturated carbocycles. The third-order valence-corrected chi connectivity index (χ3v) is 3.20. The summed E-state index contributed by atoms with van der Waals surface area (Å²) in [6.07, 6.45) is 0.493. The van der Waals surface area contributed by atoms with E-state index in [4.69, 9.17) is 9.47 Å². The van der Waals surface area contributed by atoms with Crippen molar-refractivity contribution in [3.8, 4) is 5.75 Å². The van der Waals surface area contributed by atoms with Gasteiger partial charge in [-0.1, -0.05) is 6.07 Å². The minimum absolute atomic E-state index is 0.00951. The fraction of sp³-hybridized carbons (Fsp3) is 0.462. The van der Waals surface area contributed by atoms with Crippen LogP contribution in [0.25, 0.3) is 0 Å². The minimum atomic E-state index is -0.00951. The summed E-state index contributed by atoms with van der Waals surface area (Å²) in [7, 11) is 0. The van der Waals surface area contributed by atoms with Gasteiger partial charge in [0.05, 0.1) is 24.8 Å². The fourth-order valence-corrected chi connectivity index (χ4v) is 2.25. The van der Waals surface area contributed by atoms with Gasteiger partial charge >= 0.3 is 0 Å². The van der Waals surface area contributed by atoms with Gasteiger partial charge in [-0.3, -0.25) is 10.1 Å². The first-order chi connectivity index (χ1) is 8.72. The molecule has 0 spiro atoms. The average molecular weight is 248 g/mol. The summed E-state index contributed by atoms with van der Waals surface area (Å²) in [6.45, 7) is 3.19. The van der Waals surface area contributed by atoms with Crippen molar-refractivity contribution in [3.63, 3.8) is 0 Å². The second kappa shape index (κ2) is 4.59. The lowest BCUT2D eigenvalue weighted by Gasteiger charge is -2.13. The number of benzene rings is 1. The number of amides is 1. The van der Waals surface area contributed by atoms with Crippen molar-refractivity contribution < 1.29 is 14.3 Å². The number of fused-ring (bicyclic) bond motifs is 1. The first-order valence-corrected chi connectivity index (χ1v) is 6.18. The van der Waals surface area contributed by atoms with Crippen LogP contribution < -0.4 is 15.4 Å². The standard InChI is InChI=1S/C13H16N2O3/c1-8-14-7-12(18-8)9-2-3-11-10(6-9)15-13(16)4-5-17-11/h2-3,6,8,12,14H,4-5,7H2,1H3,(H,15,16). The number of rotatable bonds is 1. The molecule has 0 aliphatic carbocycles. The van der Waals surface area contributed by atoms with Gasteiger partial charge in [0.25, 0.3) is 0 Å². The van der Waals surface area contributed by atoms with E-state index in [0.717, 1.165) is 23.5 Å². The molecule has 1 fully saturated rings. The van der Waals surface area contributed by atoms with E-state index >= 15 is 0 Å². The fourth-order valence-electron chi connectivity index (χ4n) is 2.25. The van der Waals surface area contributed by atoms with Crippen LogP contribution >= 0.6 is 0 Å². The number of nitrogens with one attached hydrogen (secondary N) is 2. The highest BCUT2D eigenvalue weighted by atomic mass is 16.5. The quantitative estimate of drug-likeness (QED) is 0.789. The van der Waals surface area contributed by atoms with Gasteiger partial charge in [-0.15, -0.1) is 0 Å². The molecule has 5 nitrogen and oxygen atoms in total. The van der Waals surface area contributed by atoms with Gasteiger partial charge in [-0.25, -0.2) is 0 Å². The van der Waals surface area contributed by atoms with Crippen LogP contribution in [-0.4, -0.2) is 25.3 Å². The van der Waals surface area contributed by atoms with E-state index < -0.39 is 0 Å². The van der Waals surface area contributed by atoms with Crippen LogP contribution in [0, 0.1) is 0 Å². The van der Waals surface area contributed by atoms with Crippen LogP contribution in [0.15, 0.2) is 18.2 Å². The van der Waals surface area contributed by atoms with Gasteiger partial charge in [0, 0.05) is 6.54 Å². The highest BCUT2D eigenvalue weighted by Gasteiger charge is 2.24. The van der Waals surface area contributed by atoms with Crippen molar-refractivity contribution in [1.29, 1.82) is 0 Å². The monoisotopic (exact) mass is 248 g/mol. The lowest BCUT2D eigenvalue weighted by atomic mass is 10.1. The normalized spacial score (nSPS) is 27.1. The third-order valence-electron chi connectivity index (χ3n) is 3.20. The number of carbonyl (C=O) groups is 1. The zero-order valence-electron chi connectivity index (χ0n) is 10.2. The predicted octanol–water partition coefficient (Wildman–Crippen LogP) is 1.41. The third kappa shape index (κ3) is 2.19. The Labute approximate surface area is 105 Å². The summed E-state index contributed by atoms with van der Waals surface area (Å²) in [5.74, 6) is 0.716. The van der Waals surface area contributed by atoms with Crippen LogP contribution in [0.2, 0.25) is 0 Å². The first-order valence-electron chi connectivity index (χ1n) is 6.18. The van der Waals surface area contributed by atoms with Gasteiger partial charge in [-0.2, -0.15) is 0 Å². The summed E-state index contributed by atoms with van der Waals surface area (Å²) >= 11 is 0. The minimum Gasteiger partial charge on any atom is -0.491 e. The van der Waals surface area contributed by atoms with Gasteiger partial charge < -0.3 is 14.8 Å². The summed E-state index contributed by atoms with van der Waals surface area (Å²) in [5, 5.41) is 6.09. The van der Waals surface area contributed by atoms with Crippen LogP contribution in [0.5, 0.6) is 5.75 Å². The Bertz CT molecular complexity index is 475. The molecule has 0 aromatic heterocycles. The molecule has 18 heavy (non-hydrogen) atoms. The highest BCUT2D eigenvalue weighted by Crippen LogP contribution is 2.32. The second-order valence-corrected chi connectivity index (χ2v) is 4.58. The van der Waals surface area contributed by atoms with Gasteiger partial charge in [0.1, 0.15) is 12.0 Å². The summed E-state index contributed by atoms with van der Waals surface area (Å²) in [4.78, 5) is 11.5. The SMILES string of the molecule is CC1NCC(c2ccc3c(c2)NC(=O)CCO3)O1. The van der Waals surface area contributed by atoms with Crippen molar-refractivity contribution in [2.45, 2.75) is 25.7 Å². The molecule has 2 aliphatic rings. The van der Waals surface area contributed by atoms with Gasteiger partial charge in [-0.05, 0) is 24.6 Å². The highest BCUT2D eigenvalue weighted by molar-refractivity contribution is 5.93. The molecule has 2 atom stereocenters. The Morgan fingerprint density at radius 1 is 1.39 bits per heavy atom. The zero-order valence-corrected chi connectivity index (χ0v) is 10.2. The smallest absolute Gasteiger partial charge is 0.227 e. The van der Waals surface area contributed by atoms with E-state index in [9.17, 15) is 4.79 Å². The molecular weight excluding hydrogens is 232 g/mol. The van der Waals surface area contributed by atoms with Crippen molar-refractivity contribution in [3.05, 3.63) is 23.8 Å². The lowest BCUT2D eigenvalue weighted by molar-refractivity contribution is -0.116. The Hall–Kier alpha value is -1.59. The van der Waals surface area contributed by atoms with Crippen LogP contribution in [0.3, 0.4) is 0 Å². The number of hydrogen-bond donors (Lipinski definition) is 2. The molecule has 1 aromatic rings. The van der Waals surface area contributed by atoms with Gasteiger partial charge in [0.2, 0.25) is 5.91 Å². The average Bonchev–Trinajstić information content (AvgIpc) is 2.69. The van der Waals surface area contributed by atoms with Gasteiger partial charge in [0.15, 0.2) is 0 Å². The van der Waals surface area contributed by atoms with E-state index in [1.165, 1.54) is 0 Å². The second-order valence-electron chi connectivity index (χ2n) is 4.58. The summed E-state index contributed by atoms with van der Waals surface area (Å²) in [5.41, 5.74) is 1.79. The number of anilines is 1. The van der Waals surface area contributed by atoms with E-state index in [-0.39, 0.29) is 18.2 Å². The number of carbonyl (C=O) groups excluding carboxylic acids is 1. The molecule has 2 unspecified atom stereocenters. The maximum absolute atomic E-state index is 11.5. The summed E-state index contributed by atoms with van der Waals surface area (Å²) in [6, 6.07) is 5.81. The number of hydrogen-bond acceptors (Lipinski definition) is 4. The predicted molar refractivity (Wildman–Crippen MR) is 66.5 cm³/mol.